The Morgan fingerprint density at radius 1 is 1.00 bits per heavy atom. The maximum absolute atomic E-state index is 3.45. The Morgan fingerprint density at radius 3 is 2.35 bits per heavy atom. The molecule has 1 aliphatic rings. The standard InChI is InChI=1S/C15H32N2/c1-3-5-6-7-8-13-17(4-2)14-15-9-11-16-12-10-15/h15-16H,3-14H2,1-2H3. The third-order valence-corrected chi connectivity index (χ3v) is 4.00. The predicted molar refractivity (Wildman–Crippen MR) is 76.5 cm³/mol. The molecule has 1 fully saturated rings. The highest BCUT2D eigenvalue weighted by molar-refractivity contribution is 4.72. The van der Waals surface area contributed by atoms with Crippen LogP contribution in [0.2, 0.25) is 0 Å². The zero-order chi connectivity index (χ0) is 12.3. The second-order valence-corrected chi connectivity index (χ2v) is 5.50. The molecule has 1 rings (SSSR count). The molecule has 0 spiro atoms. The van der Waals surface area contributed by atoms with Gasteiger partial charge >= 0.3 is 0 Å². The van der Waals surface area contributed by atoms with E-state index in [-0.39, 0.29) is 0 Å². The highest BCUT2D eigenvalue weighted by atomic mass is 15.1. The molecular weight excluding hydrogens is 208 g/mol. The molecule has 2 heteroatoms. The Hall–Kier alpha value is -0.0800. The monoisotopic (exact) mass is 240 g/mol. The summed E-state index contributed by atoms with van der Waals surface area (Å²) < 4.78 is 0. The van der Waals surface area contributed by atoms with Gasteiger partial charge in [0.15, 0.2) is 0 Å². The van der Waals surface area contributed by atoms with Gasteiger partial charge in [-0.05, 0) is 51.4 Å². The summed E-state index contributed by atoms with van der Waals surface area (Å²) in [6, 6.07) is 0. The second kappa shape index (κ2) is 9.90. The summed E-state index contributed by atoms with van der Waals surface area (Å²) in [5.41, 5.74) is 0. The smallest absolute Gasteiger partial charge is 0.00105 e. The van der Waals surface area contributed by atoms with E-state index in [9.17, 15) is 0 Å². The normalized spacial score (nSPS) is 17.8. The first-order valence-electron chi connectivity index (χ1n) is 7.79. The van der Waals surface area contributed by atoms with Crippen LogP contribution in [0.4, 0.5) is 0 Å². The lowest BCUT2D eigenvalue weighted by atomic mass is 9.97. The van der Waals surface area contributed by atoms with Gasteiger partial charge in [-0.1, -0.05) is 39.5 Å². The number of piperidine rings is 1. The van der Waals surface area contributed by atoms with Crippen molar-refractivity contribution in [3.8, 4) is 0 Å². The fraction of sp³-hybridized carbons (Fsp3) is 1.00. The molecule has 1 heterocycles. The Bertz CT molecular complexity index is 164. The Labute approximate surface area is 108 Å². The molecule has 0 atom stereocenters. The van der Waals surface area contributed by atoms with Crippen molar-refractivity contribution in [2.45, 2.75) is 58.8 Å². The van der Waals surface area contributed by atoms with Crippen LogP contribution in [-0.2, 0) is 0 Å². The second-order valence-electron chi connectivity index (χ2n) is 5.50. The minimum absolute atomic E-state index is 0.951. The zero-order valence-corrected chi connectivity index (χ0v) is 12.0. The van der Waals surface area contributed by atoms with Crippen molar-refractivity contribution in [2.24, 2.45) is 5.92 Å². The molecule has 0 amide bonds. The third-order valence-electron chi connectivity index (χ3n) is 4.00. The van der Waals surface area contributed by atoms with Crippen molar-refractivity contribution in [3.05, 3.63) is 0 Å². The van der Waals surface area contributed by atoms with Crippen LogP contribution >= 0.6 is 0 Å². The van der Waals surface area contributed by atoms with E-state index in [4.69, 9.17) is 0 Å². The highest BCUT2D eigenvalue weighted by Gasteiger charge is 2.15. The molecule has 0 unspecified atom stereocenters. The summed E-state index contributed by atoms with van der Waals surface area (Å²) in [5, 5.41) is 3.45. The molecule has 0 aromatic rings. The lowest BCUT2D eigenvalue weighted by Gasteiger charge is -2.29. The van der Waals surface area contributed by atoms with Gasteiger partial charge in [0.05, 0.1) is 0 Å². The summed E-state index contributed by atoms with van der Waals surface area (Å²) in [7, 11) is 0. The molecule has 0 saturated carbocycles. The summed E-state index contributed by atoms with van der Waals surface area (Å²) in [6.45, 7) is 11.0. The van der Waals surface area contributed by atoms with E-state index in [1.807, 2.05) is 0 Å². The molecule has 2 nitrogen and oxygen atoms in total. The number of nitrogens with zero attached hydrogens (tertiary/aromatic N) is 1. The highest BCUT2D eigenvalue weighted by Crippen LogP contribution is 2.14. The van der Waals surface area contributed by atoms with Gasteiger partial charge in [-0.3, -0.25) is 0 Å². The molecule has 1 saturated heterocycles. The van der Waals surface area contributed by atoms with Crippen LogP contribution in [0, 0.1) is 5.92 Å². The Balaban J connectivity index is 2.05. The number of unbranched alkanes of at least 4 members (excludes halogenated alkanes) is 4. The number of hydrogen-bond acceptors (Lipinski definition) is 2. The lowest BCUT2D eigenvalue weighted by molar-refractivity contribution is 0.210. The van der Waals surface area contributed by atoms with Crippen molar-refractivity contribution in [1.29, 1.82) is 0 Å². The average molecular weight is 240 g/mol. The van der Waals surface area contributed by atoms with Crippen molar-refractivity contribution in [1.82, 2.24) is 10.2 Å². The van der Waals surface area contributed by atoms with Gasteiger partial charge in [-0.15, -0.1) is 0 Å². The number of rotatable bonds is 9. The molecular formula is C15H32N2. The van der Waals surface area contributed by atoms with E-state index in [0.717, 1.165) is 5.92 Å². The maximum atomic E-state index is 3.45. The van der Waals surface area contributed by atoms with Crippen molar-refractivity contribution < 1.29 is 0 Å². The van der Waals surface area contributed by atoms with Crippen LogP contribution in [0.3, 0.4) is 0 Å². The van der Waals surface area contributed by atoms with E-state index in [2.05, 4.69) is 24.1 Å². The first-order valence-corrected chi connectivity index (χ1v) is 7.79. The Morgan fingerprint density at radius 2 is 1.71 bits per heavy atom. The zero-order valence-electron chi connectivity index (χ0n) is 12.0. The predicted octanol–water partition coefficient (Wildman–Crippen LogP) is 3.28. The summed E-state index contributed by atoms with van der Waals surface area (Å²) in [5.74, 6) is 0.951. The lowest BCUT2D eigenvalue weighted by Crippen LogP contribution is -2.36. The fourth-order valence-corrected chi connectivity index (χ4v) is 2.75. The van der Waals surface area contributed by atoms with Crippen LogP contribution in [0.15, 0.2) is 0 Å². The van der Waals surface area contributed by atoms with Gasteiger partial charge in [0.25, 0.3) is 0 Å². The van der Waals surface area contributed by atoms with Crippen LogP contribution < -0.4 is 5.32 Å². The maximum Gasteiger partial charge on any atom is 0.00105 e. The molecule has 0 bridgehead atoms. The molecule has 1 N–H and O–H groups in total. The molecule has 1 aliphatic heterocycles. The van der Waals surface area contributed by atoms with Crippen molar-refractivity contribution >= 4 is 0 Å². The topological polar surface area (TPSA) is 15.3 Å². The molecule has 17 heavy (non-hydrogen) atoms. The molecule has 0 aromatic carbocycles. The van der Waals surface area contributed by atoms with Crippen molar-refractivity contribution in [2.75, 3.05) is 32.7 Å². The minimum atomic E-state index is 0.951. The SMILES string of the molecule is CCCCCCCN(CC)CC1CCNCC1. The van der Waals surface area contributed by atoms with E-state index in [1.165, 1.54) is 77.7 Å². The third kappa shape index (κ3) is 7.05. The first kappa shape index (κ1) is 15.0. The molecule has 102 valence electrons. The number of nitrogens with one attached hydrogen (secondary N) is 1. The fourth-order valence-electron chi connectivity index (χ4n) is 2.75. The first-order chi connectivity index (χ1) is 8.36. The van der Waals surface area contributed by atoms with E-state index in [1.54, 1.807) is 0 Å². The van der Waals surface area contributed by atoms with Gasteiger partial charge in [0, 0.05) is 6.54 Å². The van der Waals surface area contributed by atoms with Gasteiger partial charge in [-0.25, -0.2) is 0 Å². The summed E-state index contributed by atoms with van der Waals surface area (Å²) in [6.07, 6.45) is 9.79. The molecule has 0 aliphatic carbocycles. The average Bonchev–Trinajstić information content (AvgIpc) is 2.38. The van der Waals surface area contributed by atoms with Gasteiger partial charge in [0.1, 0.15) is 0 Å². The number of hydrogen-bond donors (Lipinski definition) is 1. The van der Waals surface area contributed by atoms with E-state index >= 15 is 0 Å². The van der Waals surface area contributed by atoms with Crippen LogP contribution in [-0.4, -0.2) is 37.6 Å². The molecule has 0 radical (unpaired) electrons. The van der Waals surface area contributed by atoms with Gasteiger partial charge in [0.2, 0.25) is 0 Å². The molecule has 0 aromatic heterocycles. The quantitative estimate of drug-likeness (QED) is 0.622. The summed E-state index contributed by atoms with van der Waals surface area (Å²) >= 11 is 0. The van der Waals surface area contributed by atoms with Crippen LogP contribution in [0.5, 0.6) is 0 Å². The van der Waals surface area contributed by atoms with E-state index < -0.39 is 0 Å². The minimum Gasteiger partial charge on any atom is -0.317 e. The van der Waals surface area contributed by atoms with Crippen molar-refractivity contribution in [3.63, 3.8) is 0 Å². The van der Waals surface area contributed by atoms with Gasteiger partial charge in [-0.2, -0.15) is 0 Å². The van der Waals surface area contributed by atoms with Crippen LogP contribution in [0.25, 0.3) is 0 Å². The van der Waals surface area contributed by atoms with E-state index in [0.29, 0.717) is 0 Å². The summed E-state index contributed by atoms with van der Waals surface area (Å²) in [4.78, 5) is 2.67. The Kier molecular flexibility index (Phi) is 8.72. The largest absolute Gasteiger partial charge is 0.317 e. The van der Waals surface area contributed by atoms with Crippen LogP contribution in [0.1, 0.15) is 58.8 Å². The van der Waals surface area contributed by atoms with Gasteiger partial charge < -0.3 is 10.2 Å².